The monoisotopic (exact) mass is 383 g/mol. The molecule has 7 heteroatoms. The van der Waals surface area contributed by atoms with Crippen molar-refractivity contribution in [1.29, 1.82) is 0 Å². The molecule has 0 aliphatic rings. The Hall–Kier alpha value is -1.44. The first-order valence-electron chi connectivity index (χ1n) is 9.03. The van der Waals surface area contributed by atoms with Crippen molar-refractivity contribution in [1.82, 2.24) is 9.21 Å². The van der Waals surface area contributed by atoms with Gasteiger partial charge in [-0.2, -0.15) is 4.31 Å². The predicted octanol–water partition coefficient (Wildman–Crippen LogP) is 3.02. The molecule has 0 aliphatic carbocycles. The number of anilines is 1. The molecule has 1 atom stereocenters. The number of nitrogens with one attached hydrogen (secondary N) is 1. The number of hydrogen-bond acceptors (Lipinski definition) is 4. The van der Waals surface area contributed by atoms with Crippen LogP contribution in [0.5, 0.6) is 0 Å². The van der Waals surface area contributed by atoms with Gasteiger partial charge in [0.15, 0.2) is 0 Å². The van der Waals surface area contributed by atoms with E-state index < -0.39 is 10.0 Å². The molecule has 1 amide bonds. The van der Waals surface area contributed by atoms with Crippen LogP contribution in [0.25, 0.3) is 0 Å². The fourth-order valence-corrected chi connectivity index (χ4v) is 4.18. The Morgan fingerprint density at radius 3 is 2.27 bits per heavy atom. The summed E-state index contributed by atoms with van der Waals surface area (Å²) in [5.74, 6) is -0.166. The van der Waals surface area contributed by atoms with Crippen LogP contribution in [-0.2, 0) is 14.8 Å². The average molecular weight is 384 g/mol. The van der Waals surface area contributed by atoms with Gasteiger partial charge in [0.25, 0.3) is 0 Å². The molecule has 1 aromatic carbocycles. The highest BCUT2D eigenvalue weighted by molar-refractivity contribution is 7.89. The fourth-order valence-electron chi connectivity index (χ4n) is 2.67. The van der Waals surface area contributed by atoms with Crippen LogP contribution in [0, 0.1) is 5.41 Å². The lowest BCUT2D eigenvalue weighted by Crippen LogP contribution is -2.43. The average Bonchev–Trinajstić information content (AvgIpc) is 2.54. The smallest absolute Gasteiger partial charge is 0.243 e. The van der Waals surface area contributed by atoms with Crippen molar-refractivity contribution in [2.75, 3.05) is 32.0 Å². The Kier molecular flexibility index (Phi) is 7.80. The van der Waals surface area contributed by atoms with Crippen LogP contribution in [0.2, 0.25) is 0 Å². The summed E-state index contributed by atoms with van der Waals surface area (Å²) in [4.78, 5) is 14.5. The van der Waals surface area contributed by atoms with Crippen LogP contribution >= 0.6 is 0 Å². The number of benzene rings is 1. The van der Waals surface area contributed by atoms with Gasteiger partial charge in [0.05, 0.1) is 11.4 Å². The molecule has 1 unspecified atom stereocenters. The van der Waals surface area contributed by atoms with Gasteiger partial charge < -0.3 is 5.32 Å². The zero-order valence-electron chi connectivity index (χ0n) is 17.0. The zero-order chi connectivity index (χ0) is 20.1. The van der Waals surface area contributed by atoms with Gasteiger partial charge in [-0.25, -0.2) is 8.42 Å². The van der Waals surface area contributed by atoms with Gasteiger partial charge in [-0.15, -0.1) is 0 Å². The quantitative estimate of drug-likeness (QED) is 0.749. The SMILES string of the molecule is CCN(CC)S(=O)(=O)c1cccc(NC(=O)CN(C)C(C)C(C)(C)C)c1. The standard InChI is InChI=1S/C19H33N3O3S/c1-8-22(9-2)26(24,25)17-12-10-11-16(13-17)20-18(23)14-21(7)15(3)19(4,5)6/h10-13,15H,8-9,14H2,1-7H3,(H,20,23). The summed E-state index contributed by atoms with van der Waals surface area (Å²) >= 11 is 0. The van der Waals surface area contributed by atoms with E-state index in [9.17, 15) is 13.2 Å². The summed E-state index contributed by atoms with van der Waals surface area (Å²) in [7, 11) is -1.63. The summed E-state index contributed by atoms with van der Waals surface area (Å²) in [6.07, 6.45) is 0. The largest absolute Gasteiger partial charge is 0.325 e. The summed E-state index contributed by atoms with van der Waals surface area (Å²) in [6, 6.07) is 6.64. The van der Waals surface area contributed by atoms with Crippen LogP contribution in [-0.4, -0.2) is 56.3 Å². The second kappa shape index (κ2) is 8.97. The highest BCUT2D eigenvalue weighted by atomic mass is 32.2. The van der Waals surface area contributed by atoms with Gasteiger partial charge in [0.2, 0.25) is 15.9 Å². The predicted molar refractivity (Wildman–Crippen MR) is 107 cm³/mol. The van der Waals surface area contributed by atoms with Crippen LogP contribution < -0.4 is 5.32 Å². The van der Waals surface area contributed by atoms with Gasteiger partial charge in [0, 0.05) is 24.8 Å². The Labute approximate surface area is 158 Å². The van der Waals surface area contributed by atoms with Gasteiger partial charge in [-0.3, -0.25) is 9.69 Å². The van der Waals surface area contributed by atoms with Gasteiger partial charge in [-0.05, 0) is 37.6 Å². The van der Waals surface area contributed by atoms with Crippen molar-refractivity contribution in [2.24, 2.45) is 5.41 Å². The molecule has 26 heavy (non-hydrogen) atoms. The third-order valence-electron chi connectivity index (χ3n) is 4.77. The molecule has 1 rings (SSSR count). The molecule has 0 saturated carbocycles. The van der Waals surface area contributed by atoms with Crippen LogP contribution in [0.1, 0.15) is 41.5 Å². The number of nitrogens with zero attached hydrogens (tertiary/aromatic N) is 2. The number of carbonyl (C=O) groups is 1. The number of hydrogen-bond donors (Lipinski definition) is 1. The van der Waals surface area contributed by atoms with Crippen molar-refractivity contribution >= 4 is 21.6 Å². The number of sulfonamides is 1. The lowest BCUT2D eigenvalue weighted by Gasteiger charge is -2.34. The number of rotatable bonds is 8. The van der Waals surface area contributed by atoms with E-state index in [-0.39, 0.29) is 28.8 Å². The van der Waals surface area contributed by atoms with Crippen molar-refractivity contribution in [3.8, 4) is 0 Å². The topological polar surface area (TPSA) is 69.7 Å². The lowest BCUT2D eigenvalue weighted by atomic mass is 9.87. The minimum absolute atomic E-state index is 0.0623. The Morgan fingerprint density at radius 1 is 1.19 bits per heavy atom. The third kappa shape index (κ3) is 5.79. The first kappa shape index (κ1) is 22.6. The molecular formula is C19H33N3O3S. The van der Waals surface area contributed by atoms with E-state index in [1.54, 1.807) is 32.0 Å². The summed E-state index contributed by atoms with van der Waals surface area (Å²) in [5.41, 5.74) is 0.548. The van der Waals surface area contributed by atoms with Crippen molar-refractivity contribution in [3.05, 3.63) is 24.3 Å². The van der Waals surface area contributed by atoms with Crippen molar-refractivity contribution in [2.45, 2.75) is 52.5 Å². The second-order valence-electron chi connectivity index (χ2n) is 7.62. The zero-order valence-corrected chi connectivity index (χ0v) is 17.9. The van der Waals surface area contributed by atoms with Gasteiger partial charge in [0.1, 0.15) is 0 Å². The normalized spacial score (nSPS) is 13.9. The summed E-state index contributed by atoms with van der Waals surface area (Å²) in [5, 5.41) is 2.80. The van der Waals surface area contributed by atoms with E-state index in [0.29, 0.717) is 18.8 Å². The molecular weight excluding hydrogens is 350 g/mol. The minimum Gasteiger partial charge on any atom is -0.325 e. The lowest BCUT2D eigenvalue weighted by molar-refractivity contribution is -0.117. The van der Waals surface area contributed by atoms with E-state index in [1.165, 1.54) is 10.4 Å². The molecule has 0 saturated heterocycles. The third-order valence-corrected chi connectivity index (χ3v) is 6.81. The highest BCUT2D eigenvalue weighted by Crippen LogP contribution is 2.23. The van der Waals surface area contributed by atoms with Gasteiger partial charge >= 0.3 is 0 Å². The summed E-state index contributed by atoms with van der Waals surface area (Å²) < 4.78 is 26.6. The highest BCUT2D eigenvalue weighted by Gasteiger charge is 2.25. The van der Waals surface area contributed by atoms with Crippen LogP contribution in [0.4, 0.5) is 5.69 Å². The van der Waals surface area contributed by atoms with E-state index in [0.717, 1.165) is 0 Å². The molecule has 148 valence electrons. The summed E-state index contributed by atoms with van der Waals surface area (Å²) in [6.45, 7) is 13.2. The second-order valence-corrected chi connectivity index (χ2v) is 9.56. The molecule has 0 spiro atoms. The molecule has 0 bridgehead atoms. The van der Waals surface area contributed by atoms with E-state index in [2.05, 4.69) is 33.0 Å². The molecule has 0 fully saturated rings. The van der Waals surface area contributed by atoms with Gasteiger partial charge in [-0.1, -0.05) is 40.7 Å². The van der Waals surface area contributed by atoms with E-state index in [4.69, 9.17) is 0 Å². The molecule has 0 radical (unpaired) electrons. The minimum atomic E-state index is -3.54. The molecule has 0 heterocycles. The maximum atomic E-state index is 12.6. The van der Waals surface area contributed by atoms with E-state index >= 15 is 0 Å². The molecule has 0 aliphatic heterocycles. The fraction of sp³-hybridized carbons (Fsp3) is 0.632. The number of amides is 1. The Balaban J connectivity index is 2.88. The Bertz CT molecular complexity index is 707. The Morgan fingerprint density at radius 2 is 1.77 bits per heavy atom. The molecule has 1 aromatic rings. The maximum absolute atomic E-state index is 12.6. The number of carbonyl (C=O) groups excluding carboxylic acids is 1. The first-order chi connectivity index (χ1) is 11.9. The molecule has 1 N–H and O–H groups in total. The molecule has 0 aromatic heterocycles. The maximum Gasteiger partial charge on any atom is 0.243 e. The van der Waals surface area contributed by atoms with Crippen LogP contribution in [0.15, 0.2) is 29.2 Å². The van der Waals surface area contributed by atoms with E-state index in [1.807, 2.05) is 11.9 Å². The first-order valence-corrected chi connectivity index (χ1v) is 10.5. The van der Waals surface area contributed by atoms with Crippen molar-refractivity contribution in [3.63, 3.8) is 0 Å². The molecule has 6 nitrogen and oxygen atoms in total. The number of likely N-dealkylation sites (N-methyl/N-ethyl adjacent to an activating group) is 1. The van der Waals surface area contributed by atoms with Crippen LogP contribution in [0.3, 0.4) is 0 Å². The van der Waals surface area contributed by atoms with Crippen molar-refractivity contribution < 1.29 is 13.2 Å².